The van der Waals surface area contributed by atoms with Crippen molar-refractivity contribution < 1.29 is 19.4 Å². The van der Waals surface area contributed by atoms with Gasteiger partial charge in [0.25, 0.3) is 0 Å². The van der Waals surface area contributed by atoms with Crippen LogP contribution in [0, 0.1) is 11.8 Å². The Morgan fingerprint density at radius 2 is 2.24 bits per heavy atom. The fourth-order valence-electron chi connectivity index (χ4n) is 6.47. The van der Waals surface area contributed by atoms with E-state index < -0.39 is 5.41 Å². The fourth-order valence-corrected chi connectivity index (χ4v) is 6.47. The lowest BCUT2D eigenvalue weighted by Crippen LogP contribution is -2.67. The highest BCUT2D eigenvalue weighted by Crippen LogP contribution is 2.55. The minimum Gasteiger partial charge on any atom is -0.508 e. The minimum absolute atomic E-state index is 0.119. The number of esters is 1. The number of nitrogens with zero attached hydrogens (tertiary/aromatic N) is 1. The summed E-state index contributed by atoms with van der Waals surface area (Å²) in [4.78, 5) is 19.9. The van der Waals surface area contributed by atoms with Crippen molar-refractivity contribution in [1.29, 1.82) is 0 Å². The molecule has 1 aromatic heterocycles. The minimum atomic E-state index is -0.671. The van der Waals surface area contributed by atoms with Crippen molar-refractivity contribution in [2.24, 2.45) is 11.8 Å². The number of benzene rings is 1. The Balaban J connectivity index is 1.70. The molecule has 4 bridgehead atoms. The number of aromatic amines is 1. The average molecular weight is 399 g/mol. The lowest BCUT2D eigenvalue weighted by molar-refractivity contribution is -0.166. The monoisotopic (exact) mass is 398 g/mol. The van der Waals surface area contributed by atoms with E-state index >= 15 is 0 Å². The van der Waals surface area contributed by atoms with Crippen LogP contribution < -0.4 is 0 Å². The van der Waals surface area contributed by atoms with Crippen LogP contribution in [0.4, 0.5) is 0 Å². The fraction of sp³-hybridized carbons (Fsp3) is 0.609. The highest BCUT2D eigenvalue weighted by molar-refractivity contribution is 5.92. The van der Waals surface area contributed by atoms with Crippen molar-refractivity contribution in [3.8, 4) is 5.75 Å². The van der Waals surface area contributed by atoms with Gasteiger partial charge in [0.05, 0.1) is 6.61 Å². The Morgan fingerprint density at radius 1 is 1.38 bits per heavy atom. The van der Waals surface area contributed by atoms with E-state index in [-0.39, 0.29) is 24.4 Å². The number of hydrogen-bond donors (Lipinski definition) is 2. The number of aromatic hydroxyl groups is 1. The third kappa shape index (κ3) is 2.72. The molecule has 4 aliphatic rings. The molecule has 6 rings (SSSR count). The van der Waals surface area contributed by atoms with E-state index in [4.69, 9.17) is 9.47 Å². The van der Waals surface area contributed by atoms with Gasteiger partial charge in [0.2, 0.25) is 0 Å². The number of hydrogen-bond acceptors (Lipinski definition) is 5. The second-order valence-corrected chi connectivity index (χ2v) is 8.97. The van der Waals surface area contributed by atoms with Crippen LogP contribution in [0.2, 0.25) is 0 Å². The zero-order valence-electron chi connectivity index (χ0n) is 17.2. The average Bonchev–Trinajstić information content (AvgIpc) is 3.05. The van der Waals surface area contributed by atoms with Crippen LogP contribution in [-0.4, -0.2) is 60.4 Å². The number of rotatable bonds is 5. The molecule has 29 heavy (non-hydrogen) atoms. The maximum Gasteiger partial charge on any atom is 0.319 e. The Labute approximate surface area is 171 Å². The van der Waals surface area contributed by atoms with Gasteiger partial charge in [-0.25, -0.2) is 0 Å². The predicted octanol–water partition coefficient (Wildman–Crippen LogP) is 2.98. The zero-order valence-corrected chi connectivity index (χ0v) is 17.2. The number of piperidine rings is 2. The van der Waals surface area contributed by atoms with Crippen LogP contribution in [0.3, 0.4) is 0 Å². The molecule has 0 spiro atoms. The number of nitrogens with one attached hydrogen (secondary N) is 1. The van der Waals surface area contributed by atoms with Gasteiger partial charge in [-0.2, -0.15) is 0 Å². The standard InChI is InChI=1S/C23H30N2O4/c1-3-15-10-14-12-23(22(27)29-9-8-28-2)20-17(6-7-25(13-14)21(15)23)18-11-16(26)4-5-19(18)24-20/h4-5,11,14-15,21,24,26H,3,6-10,12-13H2,1-2H3/t14-,15+,21+,23-/m1/s1. The van der Waals surface area contributed by atoms with Crippen LogP contribution in [-0.2, 0) is 26.1 Å². The number of fused-ring (bicyclic) bond motifs is 4. The smallest absolute Gasteiger partial charge is 0.319 e. The Kier molecular flexibility index (Phi) is 4.59. The van der Waals surface area contributed by atoms with Crippen molar-refractivity contribution in [1.82, 2.24) is 9.88 Å². The zero-order chi connectivity index (χ0) is 20.2. The van der Waals surface area contributed by atoms with E-state index in [1.54, 1.807) is 13.2 Å². The summed E-state index contributed by atoms with van der Waals surface area (Å²) in [5.41, 5.74) is 2.51. The first-order valence-corrected chi connectivity index (χ1v) is 10.8. The Morgan fingerprint density at radius 3 is 3.03 bits per heavy atom. The summed E-state index contributed by atoms with van der Waals surface area (Å²) < 4.78 is 10.9. The summed E-state index contributed by atoms with van der Waals surface area (Å²) in [6.07, 6.45) is 3.98. The highest BCUT2D eigenvalue weighted by Gasteiger charge is 2.62. The molecule has 2 N–H and O–H groups in total. The first-order chi connectivity index (χ1) is 14.1. The molecule has 5 atom stereocenters. The lowest BCUT2D eigenvalue weighted by Gasteiger charge is -2.57. The number of H-pyrrole nitrogens is 1. The van der Waals surface area contributed by atoms with E-state index in [9.17, 15) is 9.90 Å². The SMILES string of the molecule is CC[C@H]1C[C@H]2CN3CCc4c([nH]c5ccc(O)cc45)[C@](C(=O)OCCOC)(C2)[C@H]13. The molecule has 0 radical (unpaired) electrons. The maximum absolute atomic E-state index is 13.7. The molecule has 156 valence electrons. The number of ether oxygens (including phenoxy) is 2. The quantitative estimate of drug-likeness (QED) is 0.598. The molecule has 6 nitrogen and oxygen atoms in total. The largest absolute Gasteiger partial charge is 0.508 e. The number of phenols is 1. The van der Waals surface area contributed by atoms with Crippen molar-refractivity contribution >= 4 is 16.9 Å². The molecule has 1 saturated carbocycles. The summed E-state index contributed by atoms with van der Waals surface area (Å²) in [5.74, 6) is 1.14. The van der Waals surface area contributed by atoms with Gasteiger partial charge >= 0.3 is 5.97 Å². The summed E-state index contributed by atoms with van der Waals surface area (Å²) in [6.45, 7) is 4.95. The molecule has 6 heteroatoms. The first kappa shape index (κ1) is 18.9. The van der Waals surface area contributed by atoms with Gasteiger partial charge in [0.15, 0.2) is 0 Å². The molecular formula is C23H30N2O4. The first-order valence-electron chi connectivity index (χ1n) is 10.8. The molecule has 0 amide bonds. The highest BCUT2D eigenvalue weighted by atomic mass is 16.6. The Bertz CT molecular complexity index is 938. The van der Waals surface area contributed by atoms with Crippen molar-refractivity contribution in [2.75, 3.05) is 33.4 Å². The third-order valence-electron chi connectivity index (χ3n) is 7.48. The van der Waals surface area contributed by atoms with Crippen LogP contribution in [0.5, 0.6) is 5.75 Å². The van der Waals surface area contributed by atoms with Crippen LogP contribution in [0.1, 0.15) is 37.4 Å². The molecule has 2 aromatic rings. The number of aromatic nitrogens is 1. The van der Waals surface area contributed by atoms with Gasteiger partial charge in [-0.3, -0.25) is 9.69 Å². The van der Waals surface area contributed by atoms with Crippen LogP contribution in [0.25, 0.3) is 10.9 Å². The molecule has 2 saturated heterocycles. The van der Waals surface area contributed by atoms with Gasteiger partial charge in [0, 0.05) is 42.8 Å². The molecule has 1 aliphatic carbocycles. The second kappa shape index (κ2) is 7.03. The summed E-state index contributed by atoms with van der Waals surface area (Å²) >= 11 is 0. The normalized spacial score (nSPS) is 32.8. The van der Waals surface area contributed by atoms with Gasteiger partial charge in [-0.15, -0.1) is 0 Å². The third-order valence-corrected chi connectivity index (χ3v) is 7.48. The van der Waals surface area contributed by atoms with Crippen molar-refractivity contribution in [3.05, 3.63) is 29.5 Å². The van der Waals surface area contributed by atoms with E-state index in [1.165, 1.54) is 12.0 Å². The maximum atomic E-state index is 13.7. The summed E-state index contributed by atoms with van der Waals surface area (Å²) in [6, 6.07) is 5.61. The van der Waals surface area contributed by atoms with E-state index in [0.29, 0.717) is 18.4 Å². The molecule has 1 unspecified atom stereocenters. The number of phenolic OH excluding ortho intramolecular Hbond substituents is 1. The number of carbonyl (C=O) groups is 1. The lowest BCUT2D eigenvalue weighted by atomic mass is 9.56. The van der Waals surface area contributed by atoms with E-state index in [2.05, 4.69) is 16.8 Å². The summed E-state index contributed by atoms with van der Waals surface area (Å²) in [5, 5.41) is 11.1. The van der Waals surface area contributed by atoms with Gasteiger partial charge in [0.1, 0.15) is 17.8 Å². The molecular weight excluding hydrogens is 368 g/mol. The van der Waals surface area contributed by atoms with E-state index in [0.717, 1.165) is 48.9 Å². The topological polar surface area (TPSA) is 74.8 Å². The molecule has 3 fully saturated rings. The second-order valence-electron chi connectivity index (χ2n) is 8.97. The van der Waals surface area contributed by atoms with Gasteiger partial charge in [-0.05, 0) is 54.9 Å². The van der Waals surface area contributed by atoms with Crippen molar-refractivity contribution in [2.45, 2.75) is 44.1 Å². The van der Waals surface area contributed by atoms with E-state index in [1.807, 2.05) is 12.1 Å². The predicted molar refractivity (Wildman–Crippen MR) is 110 cm³/mol. The molecule has 1 aromatic carbocycles. The van der Waals surface area contributed by atoms with Crippen LogP contribution >= 0.6 is 0 Å². The van der Waals surface area contributed by atoms with Gasteiger partial charge < -0.3 is 19.6 Å². The number of methoxy groups -OCH3 is 1. The summed E-state index contributed by atoms with van der Waals surface area (Å²) in [7, 11) is 1.62. The van der Waals surface area contributed by atoms with Gasteiger partial charge in [-0.1, -0.05) is 13.3 Å². The van der Waals surface area contributed by atoms with Crippen LogP contribution in [0.15, 0.2) is 18.2 Å². The van der Waals surface area contributed by atoms with Crippen molar-refractivity contribution in [3.63, 3.8) is 0 Å². The number of carbonyl (C=O) groups excluding carboxylic acids is 1. The Hall–Kier alpha value is -2.05. The molecule has 4 heterocycles. The molecule has 3 aliphatic heterocycles.